The van der Waals surface area contributed by atoms with E-state index in [1.165, 1.54) is 18.4 Å². The number of methoxy groups -OCH3 is 1. The van der Waals surface area contributed by atoms with Gasteiger partial charge in [0.1, 0.15) is 12.7 Å². The minimum absolute atomic E-state index is 0. The number of halogens is 1. The summed E-state index contributed by atoms with van der Waals surface area (Å²) >= 11 is 0. The van der Waals surface area contributed by atoms with Crippen LogP contribution in [0.2, 0.25) is 0 Å². The maximum Gasteiger partial charge on any atom is 0.161 e. The van der Waals surface area contributed by atoms with Crippen molar-refractivity contribution >= 4 is 12.4 Å². The number of piperidine rings is 1. The van der Waals surface area contributed by atoms with Crippen LogP contribution >= 0.6 is 12.4 Å². The van der Waals surface area contributed by atoms with Crippen molar-refractivity contribution in [3.63, 3.8) is 0 Å². The average molecular weight is 432 g/mol. The van der Waals surface area contributed by atoms with Gasteiger partial charge in [-0.2, -0.15) is 0 Å². The number of hydrogen-bond donors (Lipinski definition) is 1. The minimum atomic E-state index is -0.516. The molecule has 30 heavy (non-hydrogen) atoms. The molecule has 1 atom stereocenters. The van der Waals surface area contributed by atoms with Crippen LogP contribution in [0.25, 0.3) is 0 Å². The van der Waals surface area contributed by atoms with Gasteiger partial charge in [-0.25, -0.2) is 0 Å². The molecule has 0 spiro atoms. The van der Waals surface area contributed by atoms with Crippen molar-refractivity contribution in [3.05, 3.63) is 72.3 Å². The summed E-state index contributed by atoms with van der Waals surface area (Å²) in [6.45, 7) is 6.75. The highest BCUT2D eigenvalue weighted by atomic mass is 35.5. The number of likely N-dealkylation sites (tertiary alicyclic amines) is 1. The molecule has 4 nitrogen and oxygen atoms in total. The van der Waals surface area contributed by atoms with Gasteiger partial charge in [0.2, 0.25) is 0 Å². The van der Waals surface area contributed by atoms with Crippen molar-refractivity contribution in [1.82, 2.24) is 4.90 Å². The highest BCUT2D eigenvalue weighted by Crippen LogP contribution is 2.28. The maximum atomic E-state index is 10.4. The first-order valence-electron chi connectivity index (χ1n) is 10.5. The molecule has 1 heterocycles. The highest BCUT2D eigenvalue weighted by molar-refractivity contribution is 5.85. The third-order valence-electron chi connectivity index (χ3n) is 5.58. The zero-order chi connectivity index (χ0) is 20.5. The highest BCUT2D eigenvalue weighted by Gasteiger charge is 2.21. The molecule has 5 heteroatoms. The fraction of sp³-hybridized carbons (Fsp3) is 0.440. The molecule has 0 radical (unpaired) electrons. The molecule has 1 aliphatic heterocycles. The van der Waals surface area contributed by atoms with Gasteiger partial charge in [-0.15, -0.1) is 19.0 Å². The number of nitrogens with zero attached hydrogens (tertiary/aromatic N) is 1. The molecular formula is C25H34ClNO3. The van der Waals surface area contributed by atoms with E-state index in [4.69, 9.17) is 9.47 Å². The monoisotopic (exact) mass is 431 g/mol. The van der Waals surface area contributed by atoms with Gasteiger partial charge in [-0.05, 0) is 68.0 Å². The Morgan fingerprint density at radius 3 is 2.50 bits per heavy atom. The molecule has 164 valence electrons. The maximum absolute atomic E-state index is 10.4. The standard InChI is InChI=1S/C25H33NO3.ClH/c1-3-7-20-10-11-24(25(17-20)28-2)29-19-23(27)18-26-14-12-22(13-15-26)16-21-8-5-4-6-9-21;/h3-6,8-11,17,22-23,27H,1,7,12-16,18-19H2,2H3;1H. The van der Waals surface area contributed by atoms with E-state index < -0.39 is 6.10 Å². The normalized spacial score (nSPS) is 15.8. The Labute approximate surface area is 186 Å². The van der Waals surface area contributed by atoms with Crippen molar-refractivity contribution in [2.45, 2.75) is 31.8 Å². The first-order chi connectivity index (χ1) is 14.2. The lowest BCUT2D eigenvalue weighted by molar-refractivity contribution is 0.0543. The largest absolute Gasteiger partial charge is 0.493 e. The lowest BCUT2D eigenvalue weighted by Gasteiger charge is -2.33. The summed E-state index contributed by atoms with van der Waals surface area (Å²) in [7, 11) is 1.63. The fourth-order valence-corrected chi connectivity index (χ4v) is 3.98. The predicted octanol–water partition coefficient (Wildman–Crippen LogP) is 4.54. The minimum Gasteiger partial charge on any atom is -0.493 e. The van der Waals surface area contributed by atoms with Crippen molar-refractivity contribution in [2.75, 3.05) is 33.4 Å². The number of rotatable bonds is 10. The van der Waals surface area contributed by atoms with E-state index in [1.54, 1.807) is 7.11 Å². The number of aliphatic hydroxyl groups excluding tert-OH is 1. The second-order valence-electron chi connectivity index (χ2n) is 7.88. The summed E-state index contributed by atoms with van der Waals surface area (Å²) < 4.78 is 11.3. The summed E-state index contributed by atoms with van der Waals surface area (Å²) in [5, 5.41) is 10.4. The van der Waals surface area contributed by atoms with Gasteiger partial charge >= 0.3 is 0 Å². The molecule has 0 saturated carbocycles. The fourth-order valence-electron chi connectivity index (χ4n) is 3.98. The zero-order valence-electron chi connectivity index (χ0n) is 17.8. The zero-order valence-corrected chi connectivity index (χ0v) is 18.7. The van der Waals surface area contributed by atoms with Gasteiger partial charge in [0, 0.05) is 6.54 Å². The van der Waals surface area contributed by atoms with E-state index >= 15 is 0 Å². The molecule has 2 aromatic carbocycles. The lowest BCUT2D eigenvalue weighted by atomic mass is 9.90. The van der Waals surface area contributed by atoms with Crippen LogP contribution in [-0.4, -0.2) is 49.5 Å². The molecule has 1 unspecified atom stereocenters. The molecule has 0 bridgehead atoms. The second kappa shape index (κ2) is 12.6. The Morgan fingerprint density at radius 1 is 1.10 bits per heavy atom. The van der Waals surface area contributed by atoms with Gasteiger partial charge in [-0.3, -0.25) is 0 Å². The van der Waals surface area contributed by atoms with E-state index in [0.29, 0.717) is 18.0 Å². The molecule has 1 aliphatic rings. The van der Waals surface area contributed by atoms with Crippen LogP contribution in [0.4, 0.5) is 0 Å². The smallest absolute Gasteiger partial charge is 0.161 e. The summed E-state index contributed by atoms with van der Waals surface area (Å²) in [5.41, 5.74) is 2.55. The quantitative estimate of drug-likeness (QED) is 0.561. The Bertz CT molecular complexity index is 760. The van der Waals surface area contributed by atoms with Crippen molar-refractivity contribution in [2.24, 2.45) is 5.92 Å². The van der Waals surface area contributed by atoms with Crippen LogP contribution in [0, 0.1) is 5.92 Å². The molecule has 0 aliphatic carbocycles. The number of aliphatic hydroxyl groups is 1. The first kappa shape index (κ1) is 24.3. The Hall–Kier alpha value is -2.01. The molecule has 3 rings (SSSR count). The average Bonchev–Trinajstić information content (AvgIpc) is 2.75. The lowest BCUT2D eigenvalue weighted by Crippen LogP contribution is -2.41. The van der Waals surface area contributed by atoms with Crippen LogP contribution in [0.3, 0.4) is 0 Å². The number of ether oxygens (including phenoxy) is 2. The predicted molar refractivity (Wildman–Crippen MR) is 125 cm³/mol. The third-order valence-corrected chi connectivity index (χ3v) is 5.58. The number of allylic oxidation sites excluding steroid dienone is 1. The SMILES string of the molecule is C=CCc1ccc(OCC(O)CN2CCC(Cc3ccccc3)CC2)c(OC)c1.Cl. The Kier molecular flexibility index (Phi) is 10.2. The van der Waals surface area contributed by atoms with Crippen LogP contribution in [0.5, 0.6) is 11.5 Å². The number of benzene rings is 2. The molecule has 0 amide bonds. The van der Waals surface area contributed by atoms with Crippen LogP contribution < -0.4 is 9.47 Å². The molecule has 1 fully saturated rings. The summed E-state index contributed by atoms with van der Waals surface area (Å²) in [5.74, 6) is 2.10. The van der Waals surface area contributed by atoms with E-state index in [0.717, 1.165) is 37.4 Å². The molecular weight excluding hydrogens is 398 g/mol. The third kappa shape index (κ3) is 7.35. The molecule has 0 aromatic heterocycles. The number of β-amino-alcohol motifs (C(OH)–C–C–N with tert-alkyl or cyclic N) is 1. The van der Waals surface area contributed by atoms with E-state index in [9.17, 15) is 5.11 Å². The Morgan fingerprint density at radius 2 is 1.83 bits per heavy atom. The summed E-state index contributed by atoms with van der Waals surface area (Å²) in [6, 6.07) is 16.6. The van der Waals surface area contributed by atoms with Gasteiger partial charge in [0.25, 0.3) is 0 Å². The topological polar surface area (TPSA) is 41.9 Å². The van der Waals surface area contributed by atoms with Gasteiger partial charge in [0.15, 0.2) is 11.5 Å². The van der Waals surface area contributed by atoms with Crippen molar-refractivity contribution in [1.29, 1.82) is 0 Å². The van der Waals surface area contributed by atoms with Gasteiger partial charge in [0.05, 0.1) is 7.11 Å². The van der Waals surface area contributed by atoms with E-state index in [2.05, 4.69) is 41.8 Å². The molecule has 1 N–H and O–H groups in total. The van der Waals surface area contributed by atoms with Crippen LogP contribution in [0.15, 0.2) is 61.2 Å². The van der Waals surface area contributed by atoms with E-state index in [-0.39, 0.29) is 19.0 Å². The van der Waals surface area contributed by atoms with Crippen molar-refractivity contribution < 1.29 is 14.6 Å². The Balaban J connectivity index is 0.00000320. The van der Waals surface area contributed by atoms with Gasteiger partial charge < -0.3 is 19.5 Å². The molecule has 1 saturated heterocycles. The summed E-state index contributed by atoms with van der Waals surface area (Å²) in [4.78, 5) is 2.35. The van der Waals surface area contributed by atoms with Crippen molar-refractivity contribution in [3.8, 4) is 11.5 Å². The van der Waals surface area contributed by atoms with Gasteiger partial charge in [-0.1, -0.05) is 42.5 Å². The van der Waals surface area contributed by atoms with Crippen LogP contribution in [0.1, 0.15) is 24.0 Å². The number of hydrogen-bond acceptors (Lipinski definition) is 4. The van der Waals surface area contributed by atoms with Crippen LogP contribution in [-0.2, 0) is 12.8 Å². The summed E-state index contributed by atoms with van der Waals surface area (Å²) in [6.07, 6.45) is 5.66. The van der Waals surface area contributed by atoms with E-state index in [1.807, 2.05) is 24.3 Å². The first-order valence-corrected chi connectivity index (χ1v) is 10.5. The molecule has 2 aromatic rings. The second-order valence-corrected chi connectivity index (χ2v) is 7.88.